The van der Waals surface area contributed by atoms with Crippen molar-refractivity contribution in [2.24, 2.45) is 0 Å². The van der Waals surface area contributed by atoms with Gasteiger partial charge in [-0.05, 0) is 36.2 Å². The maximum Gasteiger partial charge on any atom is 0.151 e. The van der Waals surface area contributed by atoms with Crippen molar-refractivity contribution in [2.75, 3.05) is 45.0 Å². The van der Waals surface area contributed by atoms with Gasteiger partial charge in [-0.3, -0.25) is 4.90 Å². The minimum atomic E-state index is 0.468. The van der Waals surface area contributed by atoms with E-state index in [1.165, 1.54) is 52.8 Å². The molecule has 0 aliphatic carbocycles. The van der Waals surface area contributed by atoms with Gasteiger partial charge in [0, 0.05) is 44.4 Å². The summed E-state index contributed by atoms with van der Waals surface area (Å²) in [7, 11) is 0. The van der Waals surface area contributed by atoms with Gasteiger partial charge in [0.15, 0.2) is 4.34 Å². The fourth-order valence-corrected chi connectivity index (χ4v) is 6.76. The van der Waals surface area contributed by atoms with Gasteiger partial charge in [-0.15, -0.1) is 11.3 Å². The van der Waals surface area contributed by atoms with Crippen molar-refractivity contribution < 1.29 is 0 Å². The normalized spacial score (nSPS) is 15.4. The molecule has 0 spiro atoms. The van der Waals surface area contributed by atoms with Crippen LogP contribution in [0, 0.1) is 0 Å². The van der Waals surface area contributed by atoms with Gasteiger partial charge >= 0.3 is 0 Å². The van der Waals surface area contributed by atoms with Crippen LogP contribution in [-0.4, -0.2) is 59.8 Å². The van der Waals surface area contributed by atoms with Gasteiger partial charge in [-0.2, -0.15) is 0 Å². The molecule has 0 N–H and O–H groups in total. The first-order valence-corrected chi connectivity index (χ1v) is 13.7. The Morgan fingerprint density at radius 1 is 0.727 bits per heavy atom. The molecule has 5 heteroatoms. The molecule has 1 aromatic heterocycles. The molecule has 0 unspecified atom stereocenters. The smallest absolute Gasteiger partial charge is 0.151 e. The summed E-state index contributed by atoms with van der Waals surface area (Å²) < 4.78 is 2.49. The number of aromatic nitrogens is 1. The topological polar surface area (TPSA) is 19.4 Å². The van der Waals surface area contributed by atoms with E-state index in [9.17, 15) is 0 Å². The first kappa shape index (κ1) is 22.6. The number of rotatable bonds is 9. The first-order valence-electron chi connectivity index (χ1n) is 11.9. The molecule has 3 aromatic carbocycles. The van der Waals surface area contributed by atoms with E-state index in [1.807, 2.05) is 23.1 Å². The van der Waals surface area contributed by atoms with Crippen molar-refractivity contribution in [1.29, 1.82) is 0 Å². The fourth-order valence-electron chi connectivity index (χ4n) is 4.62. The Labute approximate surface area is 205 Å². The molecule has 1 aliphatic heterocycles. The van der Waals surface area contributed by atoms with Crippen LogP contribution in [0.15, 0.2) is 89.3 Å². The Hall–Kier alpha value is -2.18. The van der Waals surface area contributed by atoms with Crippen LogP contribution in [-0.2, 0) is 0 Å². The van der Waals surface area contributed by atoms with Crippen molar-refractivity contribution in [1.82, 2.24) is 14.8 Å². The maximum atomic E-state index is 4.75. The van der Waals surface area contributed by atoms with E-state index in [0.29, 0.717) is 5.92 Å². The number of thioether (sulfide) groups is 1. The molecule has 1 aliphatic rings. The lowest BCUT2D eigenvalue weighted by Gasteiger charge is -2.35. The summed E-state index contributed by atoms with van der Waals surface area (Å²) in [6, 6.07) is 30.4. The summed E-state index contributed by atoms with van der Waals surface area (Å²) >= 11 is 3.72. The van der Waals surface area contributed by atoms with Crippen molar-refractivity contribution >= 4 is 33.3 Å². The van der Waals surface area contributed by atoms with Gasteiger partial charge in [0.05, 0.1) is 10.2 Å². The number of para-hydroxylation sites is 1. The number of nitrogens with zero attached hydrogens (tertiary/aromatic N) is 3. The molecule has 0 amide bonds. The zero-order chi connectivity index (χ0) is 22.3. The molecule has 1 saturated heterocycles. The van der Waals surface area contributed by atoms with Gasteiger partial charge in [0.1, 0.15) is 0 Å². The maximum absolute atomic E-state index is 4.75. The molecule has 0 radical (unpaired) electrons. The summed E-state index contributed by atoms with van der Waals surface area (Å²) in [6.07, 6.45) is 1.17. The number of hydrogen-bond donors (Lipinski definition) is 0. The second-order valence-electron chi connectivity index (χ2n) is 8.64. The molecule has 1 fully saturated rings. The molecule has 3 nitrogen and oxygen atoms in total. The molecular weight excluding hydrogens is 442 g/mol. The quantitative estimate of drug-likeness (QED) is 0.268. The van der Waals surface area contributed by atoms with E-state index < -0.39 is 0 Å². The van der Waals surface area contributed by atoms with Gasteiger partial charge in [-0.1, -0.05) is 84.6 Å². The average Bonchev–Trinajstić information content (AvgIpc) is 3.29. The summed E-state index contributed by atoms with van der Waals surface area (Å²) in [6.45, 7) is 6.97. The minimum Gasteiger partial charge on any atom is -0.301 e. The van der Waals surface area contributed by atoms with Gasteiger partial charge in [0.25, 0.3) is 0 Å². The Morgan fingerprint density at radius 3 is 1.94 bits per heavy atom. The summed E-state index contributed by atoms with van der Waals surface area (Å²) in [5.41, 5.74) is 3.98. The third-order valence-electron chi connectivity index (χ3n) is 6.51. The van der Waals surface area contributed by atoms with Crippen LogP contribution in [0.25, 0.3) is 10.2 Å². The highest BCUT2D eigenvalue weighted by Gasteiger charge is 2.20. The van der Waals surface area contributed by atoms with Crippen molar-refractivity contribution in [3.63, 3.8) is 0 Å². The highest BCUT2D eigenvalue weighted by atomic mass is 32.2. The largest absolute Gasteiger partial charge is 0.301 e. The van der Waals surface area contributed by atoms with Crippen LogP contribution in [0.2, 0.25) is 0 Å². The van der Waals surface area contributed by atoms with Crippen LogP contribution in [0.3, 0.4) is 0 Å². The molecule has 5 rings (SSSR count). The average molecular weight is 474 g/mol. The third-order valence-corrected chi connectivity index (χ3v) is 8.67. The summed E-state index contributed by atoms with van der Waals surface area (Å²) in [4.78, 5) is 10.0. The second-order valence-corrected chi connectivity index (χ2v) is 11.0. The molecule has 4 aromatic rings. The zero-order valence-electron chi connectivity index (χ0n) is 19.0. The van der Waals surface area contributed by atoms with Crippen molar-refractivity contribution in [3.8, 4) is 0 Å². The molecule has 0 bridgehead atoms. The number of thiazole rings is 1. The lowest BCUT2D eigenvalue weighted by atomic mass is 9.88. The van der Waals surface area contributed by atoms with Crippen LogP contribution in [0.1, 0.15) is 23.5 Å². The lowest BCUT2D eigenvalue weighted by molar-refractivity contribution is 0.136. The highest BCUT2D eigenvalue weighted by Crippen LogP contribution is 2.30. The number of hydrogen-bond acceptors (Lipinski definition) is 5. The summed E-state index contributed by atoms with van der Waals surface area (Å²) in [5.74, 6) is 1.58. The van der Waals surface area contributed by atoms with E-state index in [0.717, 1.165) is 24.4 Å². The van der Waals surface area contributed by atoms with Crippen molar-refractivity contribution in [3.05, 3.63) is 96.1 Å². The molecule has 0 saturated carbocycles. The minimum absolute atomic E-state index is 0.468. The Bertz CT molecular complexity index is 1050. The fraction of sp³-hybridized carbons (Fsp3) is 0.321. The standard InChI is InChI=1S/C28H31N3S2/c1-3-9-23(10-4-1)25(24-11-5-2-6-12-24)15-16-30-17-19-31(20-18-30)21-22-32-28-29-26-13-7-8-14-27(26)33-28/h1-14,25H,15-22H2. The highest BCUT2D eigenvalue weighted by molar-refractivity contribution is 8.01. The van der Waals surface area contributed by atoms with E-state index >= 15 is 0 Å². The number of fused-ring (bicyclic) bond motifs is 1. The second kappa shape index (κ2) is 11.3. The predicted molar refractivity (Wildman–Crippen MR) is 143 cm³/mol. The molecule has 0 atom stereocenters. The molecule has 2 heterocycles. The van der Waals surface area contributed by atoms with E-state index in [2.05, 4.69) is 94.7 Å². The summed E-state index contributed by atoms with van der Waals surface area (Å²) in [5, 5.41) is 0. The van der Waals surface area contributed by atoms with E-state index in [-0.39, 0.29) is 0 Å². The van der Waals surface area contributed by atoms with Crippen LogP contribution >= 0.6 is 23.1 Å². The van der Waals surface area contributed by atoms with E-state index in [1.54, 1.807) is 0 Å². The monoisotopic (exact) mass is 473 g/mol. The molecule has 33 heavy (non-hydrogen) atoms. The molecule has 170 valence electrons. The SMILES string of the molecule is c1ccc(C(CCN2CCN(CCSc3nc4ccccc4s3)CC2)c2ccccc2)cc1. The number of benzene rings is 3. The van der Waals surface area contributed by atoms with Crippen molar-refractivity contribution in [2.45, 2.75) is 16.7 Å². The van der Waals surface area contributed by atoms with Crippen LogP contribution in [0.5, 0.6) is 0 Å². The third kappa shape index (κ3) is 6.04. The predicted octanol–water partition coefficient (Wildman–Crippen LogP) is 6.23. The Kier molecular flexibility index (Phi) is 7.74. The zero-order valence-corrected chi connectivity index (χ0v) is 20.6. The van der Waals surface area contributed by atoms with Gasteiger partial charge < -0.3 is 4.90 Å². The lowest BCUT2D eigenvalue weighted by Crippen LogP contribution is -2.47. The molecular formula is C28H31N3S2. The number of piperazine rings is 1. The Balaban J connectivity index is 1.08. The van der Waals surface area contributed by atoms with Crippen LogP contribution in [0.4, 0.5) is 0 Å². The van der Waals surface area contributed by atoms with E-state index in [4.69, 9.17) is 4.98 Å². The van der Waals surface area contributed by atoms with Crippen LogP contribution < -0.4 is 0 Å². The first-order chi connectivity index (χ1) is 16.3. The van der Waals surface area contributed by atoms with Gasteiger partial charge in [-0.25, -0.2) is 4.98 Å². The van der Waals surface area contributed by atoms with Gasteiger partial charge in [0.2, 0.25) is 0 Å². The Morgan fingerprint density at radius 2 is 1.30 bits per heavy atom.